The first-order valence-corrected chi connectivity index (χ1v) is 6.92. The van der Waals surface area contributed by atoms with Crippen molar-refractivity contribution in [2.24, 2.45) is 0 Å². The second-order valence-electron chi connectivity index (χ2n) is 5.00. The van der Waals surface area contributed by atoms with Crippen molar-refractivity contribution in [3.63, 3.8) is 0 Å². The summed E-state index contributed by atoms with van der Waals surface area (Å²) < 4.78 is 39.6. The third-order valence-corrected chi connectivity index (χ3v) is 3.30. The van der Waals surface area contributed by atoms with Crippen LogP contribution in [0.15, 0.2) is 30.5 Å². The molecule has 9 heteroatoms. The third kappa shape index (κ3) is 3.92. The summed E-state index contributed by atoms with van der Waals surface area (Å²) >= 11 is 0. The fraction of sp³-hybridized carbons (Fsp3) is 0.267. The minimum Gasteiger partial charge on any atom is -0.481 e. The maximum absolute atomic E-state index is 12.8. The van der Waals surface area contributed by atoms with Gasteiger partial charge in [0.05, 0.1) is 35.1 Å². The number of halogens is 3. The lowest BCUT2D eigenvalue weighted by Crippen LogP contribution is -2.26. The standard InChI is InChI=1S/C15H14F3N3O3/c1-9-12(14(24)19-6-5-13(22)23)8-20-21(9)11-4-2-3-10(7-11)15(16,17)18/h2-4,7-8H,5-6H2,1H3,(H,19,24)(H,22,23). The maximum atomic E-state index is 12.8. The quantitative estimate of drug-likeness (QED) is 0.875. The van der Waals surface area contributed by atoms with E-state index in [-0.39, 0.29) is 24.2 Å². The largest absolute Gasteiger partial charge is 0.481 e. The van der Waals surface area contributed by atoms with Crippen LogP contribution in [0.1, 0.15) is 28.0 Å². The van der Waals surface area contributed by atoms with Crippen molar-refractivity contribution in [1.82, 2.24) is 15.1 Å². The second kappa shape index (κ2) is 6.73. The molecule has 2 N–H and O–H groups in total. The summed E-state index contributed by atoms with van der Waals surface area (Å²) in [5.41, 5.74) is -0.130. The average molecular weight is 341 g/mol. The highest BCUT2D eigenvalue weighted by Gasteiger charge is 2.30. The number of nitrogens with one attached hydrogen (secondary N) is 1. The van der Waals surface area contributed by atoms with Gasteiger partial charge in [-0.05, 0) is 25.1 Å². The molecular formula is C15H14F3N3O3. The Bertz CT molecular complexity index is 769. The van der Waals surface area contributed by atoms with Gasteiger partial charge in [-0.25, -0.2) is 4.68 Å². The van der Waals surface area contributed by atoms with Crippen LogP contribution in [0.5, 0.6) is 0 Å². The van der Waals surface area contributed by atoms with Crippen molar-refractivity contribution < 1.29 is 27.9 Å². The van der Waals surface area contributed by atoms with E-state index in [1.54, 1.807) is 6.92 Å². The molecule has 0 unspecified atom stereocenters. The monoisotopic (exact) mass is 341 g/mol. The van der Waals surface area contributed by atoms with Gasteiger partial charge in [-0.1, -0.05) is 6.07 Å². The molecule has 0 atom stereocenters. The molecule has 0 saturated heterocycles. The highest BCUT2D eigenvalue weighted by Crippen LogP contribution is 2.30. The first-order chi connectivity index (χ1) is 11.2. The lowest BCUT2D eigenvalue weighted by atomic mass is 10.2. The molecule has 1 aromatic carbocycles. The molecule has 24 heavy (non-hydrogen) atoms. The van der Waals surface area contributed by atoms with E-state index >= 15 is 0 Å². The van der Waals surface area contributed by atoms with Crippen molar-refractivity contribution in [3.05, 3.63) is 47.3 Å². The number of nitrogens with zero attached hydrogens (tertiary/aromatic N) is 2. The van der Waals surface area contributed by atoms with Crippen LogP contribution in [-0.4, -0.2) is 33.3 Å². The van der Waals surface area contributed by atoms with Crippen LogP contribution >= 0.6 is 0 Å². The van der Waals surface area contributed by atoms with Gasteiger partial charge in [0.15, 0.2) is 0 Å². The summed E-state index contributed by atoms with van der Waals surface area (Å²) in [7, 11) is 0. The molecule has 6 nitrogen and oxygen atoms in total. The van der Waals surface area contributed by atoms with E-state index < -0.39 is 23.6 Å². The smallest absolute Gasteiger partial charge is 0.416 e. The third-order valence-electron chi connectivity index (χ3n) is 3.30. The van der Waals surface area contributed by atoms with Crippen LogP contribution < -0.4 is 5.32 Å². The SMILES string of the molecule is Cc1c(C(=O)NCCC(=O)O)cnn1-c1cccc(C(F)(F)F)c1. The van der Waals surface area contributed by atoms with Crippen LogP contribution in [-0.2, 0) is 11.0 Å². The molecule has 1 heterocycles. The van der Waals surface area contributed by atoms with Crippen LogP contribution in [0.4, 0.5) is 13.2 Å². The van der Waals surface area contributed by atoms with Gasteiger partial charge in [0.2, 0.25) is 0 Å². The molecule has 1 aromatic heterocycles. The number of alkyl halides is 3. The van der Waals surface area contributed by atoms with E-state index in [0.29, 0.717) is 5.69 Å². The molecule has 2 rings (SSSR count). The first kappa shape index (κ1) is 17.5. The normalized spacial score (nSPS) is 11.3. The van der Waals surface area contributed by atoms with Crippen LogP contribution in [0, 0.1) is 6.92 Å². The number of hydrogen-bond donors (Lipinski definition) is 2. The molecule has 0 radical (unpaired) electrons. The molecule has 0 aliphatic carbocycles. The maximum Gasteiger partial charge on any atom is 0.416 e. The summed E-state index contributed by atoms with van der Waals surface area (Å²) in [6.07, 6.45) is -3.48. The highest BCUT2D eigenvalue weighted by molar-refractivity contribution is 5.95. The number of hydrogen-bond acceptors (Lipinski definition) is 3. The minimum atomic E-state index is -4.48. The Morgan fingerprint density at radius 2 is 2.04 bits per heavy atom. The van der Waals surface area contributed by atoms with Crippen molar-refractivity contribution in [2.45, 2.75) is 19.5 Å². The van der Waals surface area contributed by atoms with Crippen molar-refractivity contribution in [2.75, 3.05) is 6.54 Å². The summed E-state index contributed by atoms with van der Waals surface area (Å²) in [6.45, 7) is 1.49. The average Bonchev–Trinajstić information content (AvgIpc) is 2.88. The van der Waals surface area contributed by atoms with Crippen molar-refractivity contribution in [1.29, 1.82) is 0 Å². The molecule has 1 amide bonds. The molecule has 0 fully saturated rings. The van der Waals surface area contributed by atoms with Crippen LogP contribution in [0.2, 0.25) is 0 Å². The van der Waals surface area contributed by atoms with E-state index in [9.17, 15) is 22.8 Å². The number of benzene rings is 1. The molecule has 0 aliphatic rings. The Kier molecular flexibility index (Phi) is 4.91. The van der Waals surface area contributed by atoms with Gasteiger partial charge < -0.3 is 10.4 Å². The number of aliphatic carboxylic acids is 1. The van der Waals surface area contributed by atoms with Gasteiger partial charge in [-0.15, -0.1) is 0 Å². The van der Waals surface area contributed by atoms with Crippen LogP contribution in [0.3, 0.4) is 0 Å². The summed E-state index contributed by atoms with van der Waals surface area (Å²) in [5, 5.41) is 14.9. The number of amides is 1. The Morgan fingerprint density at radius 3 is 2.67 bits per heavy atom. The fourth-order valence-corrected chi connectivity index (χ4v) is 2.09. The lowest BCUT2D eigenvalue weighted by Gasteiger charge is -2.10. The molecule has 128 valence electrons. The van der Waals surface area contributed by atoms with Gasteiger partial charge in [0.25, 0.3) is 5.91 Å². The summed E-state index contributed by atoms with van der Waals surface area (Å²) in [4.78, 5) is 22.4. The van der Waals surface area contributed by atoms with Crippen LogP contribution in [0.25, 0.3) is 5.69 Å². The first-order valence-electron chi connectivity index (χ1n) is 6.92. The Balaban J connectivity index is 2.24. The molecular weight excluding hydrogens is 327 g/mol. The number of carbonyl (C=O) groups excluding carboxylic acids is 1. The summed E-state index contributed by atoms with van der Waals surface area (Å²) in [5.74, 6) is -1.58. The molecule has 0 aliphatic heterocycles. The summed E-state index contributed by atoms with van der Waals surface area (Å²) in [6, 6.07) is 4.58. The van der Waals surface area contributed by atoms with Gasteiger partial charge in [0, 0.05) is 6.54 Å². The topological polar surface area (TPSA) is 84.2 Å². The molecule has 0 spiro atoms. The zero-order valence-electron chi connectivity index (χ0n) is 12.6. The number of carbonyl (C=O) groups is 2. The molecule has 0 bridgehead atoms. The predicted molar refractivity (Wildman–Crippen MR) is 77.9 cm³/mol. The van der Waals surface area contributed by atoms with Gasteiger partial charge >= 0.3 is 12.1 Å². The van der Waals surface area contributed by atoms with E-state index in [0.717, 1.165) is 12.1 Å². The van der Waals surface area contributed by atoms with E-state index in [1.807, 2.05) is 0 Å². The number of carboxylic acids is 1. The molecule has 2 aromatic rings. The Hall–Kier alpha value is -2.84. The van der Waals surface area contributed by atoms with E-state index in [1.165, 1.54) is 23.0 Å². The van der Waals surface area contributed by atoms with Gasteiger partial charge in [-0.2, -0.15) is 18.3 Å². The zero-order valence-corrected chi connectivity index (χ0v) is 12.6. The Labute approximate surface area is 134 Å². The number of aromatic nitrogens is 2. The Morgan fingerprint density at radius 1 is 1.33 bits per heavy atom. The predicted octanol–water partition coefficient (Wildman–Crippen LogP) is 2.40. The minimum absolute atomic E-state index is 0.0532. The van der Waals surface area contributed by atoms with E-state index in [2.05, 4.69) is 10.4 Å². The lowest BCUT2D eigenvalue weighted by molar-refractivity contribution is -0.138. The second-order valence-corrected chi connectivity index (χ2v) is 5.00. The molecule has 0 saturated carbocycles. The van der Waals surface area contributed by atoms with Gasteiger partial charge in [0.1, 0.15) is 0 Å². The zero-order chi connectivity index (χ0) is 17.9. The van der Waals surface area contributed by atoms with Gasteiger partial charge in [-0.3, -0.25) is 9.59 Å². The van der Waals surface area contributed by atoms with E-state index in [4.69, 9.17) is 5.11 Å². The van der Waals surface area contributed by atoms with Crippen molar-refractivity contribution in [3.8, 4) is 5.69 Å². The number of carboxylic acid groups (broad SMARTS) is 1. The highest BCUT2D eigenvalue weighted by atomic mass is 19.4. The fourth-order valence-electron chi connectivity index (χ4n) is 2.09. The van der Waals surface area contributed by atoms with Crippen molar-refractivity contribution >= 4 is 11.9 Å². The number of rotatable bonds is 5.